The van der Waals surface area contributed by atoms with Crippen molar-refractivity contribution >= 4 is 35.8 Å². The van der Waals surface area contributed by atoms with Crippen molar-refractivity contribution in [1.29, 1.82) is 0 Å². The molecular weight excluding hydrogens is 316 g/mol. The van der Waals surface area contributed by atoms with Crippen molar-refractivity contribution in [2.75, 3.05) is 0 Å². The Morgan fingerprint density at radius 1 is 1.29 bits per heavy atom. The lowest BCUT2D eigenvalue weighted by Gasteiger charge is -2.12. The van der Waals surface area contributed by atoms with Crippen LogP contribution in [0.25, 0.3) is 0 Å². The number of aliphatic carboxylic acids is 2. The molecule has 0 radical (unpaired) electrons. The molecule has 0 spiro atoms. The largest absolute Gasteiger partial charge is 0.480 e. The maximum absolute atomic E-state index is 11.2. The third-order valence-corrected chi connectivity index (χ3v) is 3.68. The summed E-state index contributed by atoms with van der Waals surface area (Å²) in [6.07, 6.45) is 1.30. The van der Waals surface area contributed by atoms with Gasteiger partial charge in [-0.25, -0.2) is 0 Å². The van der Waals surface area contributed by atoms with Gasteiger partial charge in [-0.1, -0.05) is 29.8 Å². The fourth-order valence-corrected chi connectivity index (χ4v) is 2.39. The first-order valence-corrected chi connectivity index (χ1v) is 6.67. The minimum Gasteiger partial charge on any atom is -0.480 e. The van der Waals surface area contributed by atoms with Crippen LogP contribution in [-0.2, 0) is 16.1 Å². The number of H-pyrrole nitrogens is 1. The Morgan fingerprint density at radius 3 is 2.48 bits per heavy atom. The lowest BCUT2D eigenvalue weighted by atomic mass is 10.1. The minimum atomic E-state index is -1.69. The number of aromatic nitrogens is 2. The van der Waals surface area contributed by atoms with Crippen LogP contribution >= 0.6 is 23.8 Å². The van der Waals surface area contributed by atoms with Gasteiger partial charge >= 0.3 is 11.9 Å². The number of imidazole rings is 1. The molecule has 1 heterocycles. The Hall–Kier alpha value is -2.12. The zero-order chi connectivity index (χ0) is 15.6. The van der Waals surface area contributed by atoms with E-state index in [1.165, 1.54) is 10.8 Å². The number of nitrogens with zero attached hydrogens (tertiary/aromatic N) is 1. The van der Waals surface area contributed by atoms with Crippen LogP contribution in [0, 0.1) is 4.77 Å². The van der Waals surface area contributed by atoms with Crippen LogP contribution in [0.5, 0.6) is 0 Å². The van der Waals surface area contributed by atoms with Crippen molar-refractivity contribution in [3.8, 4) is 0 Å². The molecule has 3 N–H and O–H groups in total. The van der Waals surface area contributed by atoms with Gasteiger partial charge in [-0.2, -0.15) is 0 Å². The number of carboxylic acids is 2. The third kappa shape index (κ3) is 3.14. The van der Waals surface area contributed by atoms with Gasteiger partial charge in [-0.05, 0) is 23.8 Å². The van der Waals surface area contributed by atoms with Crippen molar-refractivity contribution in [3.63, 3.8) is 0 Å². The zero-order valence-electron chi connectivity index (χ0n) is 10.6. The number of carboxylic acid groups (broad SMARTS) is 2. The van der Waals surface area contributed by atoms with Crippen molar-refractivity contribution in [2.24, 2.45) is 0 Å². The average molecular weight is 327 g/mol. The topological polar surface area (TPSA) is 95.3 Å². The van der Waals surface area contributed by atoms with Gasteiger partial charge in [-0.3, -0.25) is 9.59 Å². The van der Waals surface area contributed by atoms with Gasteiger partial charge in [0.2, 0.25) is 0 Å². The lowest BCUT2D eigenvalue weighted by Crippen LogP contribution is -2.24. The summed E-state index contributed by atoms with van der Waals surface area (Å²) in [7, 11) is 0. The maximum Gasteiger partial charge on any atom is 0.324 e. The SMILES string of the molecule is O=C(O)C(C(=O)O)c1c[nH]c(=S)n1Cc1ccccc1Cl. The van der Waals surface area contributed by atoms with Crippen LogP contribution in [-0.4, -0.2) is 31.7 Å². The van der Waals surface area contributed by atoms with Gasteiger partial charge in [0.15, 0.2) is 10.7 Å². The van der Waals surface area contributed by atoms with Crippen LogP contribution in [0.2, 0.25) is 5.02 Å². The summed E-state index contributed by atoms with van der Waals surface area (Å²) >= 11 is 11.1. The van der Waals surface area contributed by atoms with E-state index in [1.54, 1.807) is 24.3 Å². The summed E-state index contributed by atoms with van der Waals surface area (Å²) in [4.78, 5) is 25.0. The van der Waals surface area contributed by atoms with E-state index >= 15 is 0 Å². The molecule has 2 rings (SSSR count). The molecule has 0 aliphatic heterocycles. The first-order chi connectivity index (χ1) is 9.91. The number of carbonyl (C=O) groups is 2. The number of hydrogen-bond donors (Lipinski definition) is 3. The predicted octanol–water partition coefficient (Wildman–Crippen LogP) is 2.50. The van der Waals surface area contributed by atoms with E-state index in [2.05, 4.69) is 4.98 Å². The monoisotopic (exact) mass is 326 g/mol. The summed E-state index contributed by atoms with van der Waals surface area (Å²) in [5, 5.41) is 18.7. The second kappa shape index (κ2) is 6.11. The van der Waals surface area contributed by atoms with Crippen LogP contribution in [0.15, 0.2) is 30.5 Å². The molecule has 21 heavy (non-hydrogen) atoms. The smallest absolute Gasteiger partial charge is 0.324 e. The number of rotatable bonds is 5. The molecule has 0 unspecified atom stereocenters. The van der Waals surface area contributed by atoms with Crippen LogP contribution in [0.1, 0.15) is 17.2 Å². The molecule has 8 heteroatoms. The fourth-order valence-electron chi connectivity index (χ4n) is 1.97. The molecule has 0 saturated carbocycles. The Bertz CT molecular complexity index is 739. The second-order valence-electron chi connectivity index (χ2n) is 4.31. The summed E-state index contributed by atoms with van der Waals surface area (Å²) in [6, 6.07) is 7.00. The number of benzene rings is 1. The highest BCUT2D eigenvalue weighted by atomic mass is 35.5. The molecule has 110 valence electrons. The molecule has 0 aliphatic rings. The van der Waals surface area contributed by atoms with E-state index in [0.717, 1.165) is 0 Å². The van der Waals surface area contributed by atoms with Crippen molar-refractivity contribution in [3.05, 3.63) is 51.5 Å². The Kier molecular flexibility index (Phi) is 4.44. The van der Waals surface area contributed by atoms with Gasteiger partial charge < -0.3 is 19.8 Å². The maximum atomic E-state index is 11.2. The van der Waals surface area contributed by atoms with E-state index in [4.69, 9.17) is 34.0 Å². The molecule has 1 aromatic carbocycles. The van der Waals surface area contributed by atoms with E-state index in [9.17, 15) is 9.59 Å². The molecule has 0 bridgehead atoms. The summed E-state index contributed by atoms with van der Waals surface area (Å²) in [6.45, 7) is 0.189. The van der Waals surface area contributed by atoms with Crippen LogP contribution in [0.3, 0.4) is 0 Å². The van der Waals surface area contributed by atoms with Crippen LogP contribution < -0.4 is 0 Å². The Labute approximate surface area is 129 Å². The minimum absolute atomic E-state index is 0.0694. The quantitative estimate of drug-likeness (QED) is 0.579. The van der Waals surface area contributed by atoms with Crippen molar-refractivity contribution in [2.45, 2.75) is 12.5 Å². The molecule has 0 atom stereocenters. The Morgan fingerprint density at radius 2 is 1.90 bits per heavy atom. The third-order valence-electron chi connectivity index (χ3n) is 2.98. The first-order valence-electron chi connectivity index (χ1n) is 5.89. The predicted molar refractivity (Wildman–Crippen MR) is 78.2 cm³/mol. The van der Waals surface area contributed by atoms with Gasteiger partial charge in [0.25, 0.3) is 0 Å². The van der Waals surface area contributed by atoms with E-state index in [-0.39, 0.29) is 17.0 Å². The molecule has 1 aromatic heterocycles. The van der Waals surface area contributed by atoms with Gasteiger partial charge in [-0.15, -0.1) is 0 Å². The molecule has 6 nitrogen and oxygen atoms in total. The fraction of sp³-hybridized carbons (Fsp3) is 0.154. The highest BCUT2D eigenvalue weighted by molar-refractivity contribution is 7.71. The molecule has 2 aromatic rings. The molecular formula is C13H11ClN2O4S. The number of nitrogens with one attached hydrogen (secondary N) is 1. The normalized spacial score (nSPS) is 10.8. The molecule has 0 amide bonds. The van der Waals surface area contributed by atoms with Gasteiger partial charge in [0.05, 0.1) is 12.2 Å². The van der Waals surface area contributed by atoms with E-state index < -0.39 is 17.9 Å². The summed E-state index contributed by atoms with van der Waals surface area (Å²) in [5.74, 6) is -4.60. The standard InChI is InChI=1S/C13H11ClN2O4S/c14-8-4-2-1-3-7(8)6-16-9(5-15-13(16)21)10(11(17)18)12(19)20/h1-5,10H,6H2,(H,15,21)(H,17,18)(H,19,20). The second-order valence-corrected chi connectivity index (χ2v) is 5.10. The highest BCUT2D eigenvalue weighted by Gasteiger charge is 2.31. The summed E-state index contributed by atoms with van der Waals surface area (Å²) < 4.78 is 1.65. The Balaban J connectivity index is 2.48. The molecule has 0 aliphatic carbocycles. The van der Waals surface area contributed by atoms with E-state index in [0.29, 0.717) is 10.6 Å². The highest BCUT2D eigenvalue weighted by Crippen LogP contribution is 2.21. The first kappa shape index (κ1) is 15.3. The molecule has 0 fully saturated rings. The summed E-state index contributed by atoms with van der Waals surface area (Å²) in [5.41, 5.74) is 0.783. The zero-order valence-corrected chi connectivity index (χ0v) is 12.2. The van der Waals surface area contributed by atoms with Gasteiger partial charge in [0.1, 0.15) is 0 Å². The van der Waals surface area contributed by atoms with Crippen molar-refractivity contribution < 1.29 is 19.8 Å². The number of halogens is 1. The van der Waals surface area contributed by atoms with Crippen molar-refractivity contribution in [1.82, 2.24) is 9.55 Å². The van der Waals surface area contributed by atoms with Crippen LogP contribution in [0.4, 0.5) is 0 Å². The molecule has 0 saturated heterocycles. The lowest BCUT2D eigenvalue weighted by molar-refractivity contribution is -0.150. The number of aromatic amines is 1. The number of hydrogen-bond acceptors (Lipinski definition) is 3. The average Bonchev–Trinajstić information content (AvgIpc) is 2.74. The van der Waals surface area contributed by atoms with E-state index in [1.807, 2.05) is 0 Å². The van der Waals surface area contributed by atoms with Gasteiger partial charge in [0, 0.05) is 11.2 Å².